The Bertz CT molecular complexity index is 2350. The van der Waals surface area contributed by atoms with E-state index >= 15 is 0 Å². The first kappa shape index (κ1) is 89.2. The maximum Gasteiger partial charge on any atom is 0.306 e. The largest absolute Gasteiger partial charge is 0.465 e. The molecule has 0 heterocycles. The van der Waals surface area contributed by atoms with Crippen LogP contribution in [0.4, 0.5) is 0 Å². The number of aliphatic hydroxyl groups is 4. The molecule has 3 amide bonds. The Morgan fingerprint density at radius 2 is 0.781 bits per heavy atom. The van der Waals surface area contributed by atoms with E-state index in [4.69, 9.17) is 91.7 Å². The van der Waals surface area contributed by atoms with Gasteiger partial charge in [-0.05, 0) is 67.7 Å². The molecule has 20 N–H and O–H groups in total. The van der Waals surface area contributed by atoms with E-state index in [9.17, 15) is 24.0 Å². The number of aliphatic hydroxyl groups excluding tert-OH is 4. The smallest absolute Gasteiger partial charge is 0.306 e. The van der Waals surface area contributed by atoms with E-state index in [-0.39, 0.29) is 94.4 Å². The predicted molar refractivity (Wildman–Crippen MR) is 367 cm³/mol. The summed E-state index contributed by atoms with van der Waals surface area (Å²) in [7, 11) is 4.79. The van der Waals surface area contributed by atoms with Crippen molar-refractivity contribution in [2.45, 2.75) is 70.3 Å². The third-order valence-electron chi connectivity index (χ3n) is 13.5. The Morgan fingerprint density at radius 1 is 0.448 bits per heavy atom. The number of carbonyl (C=O) groups is 5. The fraction of sp³-hybridized carbons (Fsp3) is 0.688. The van der Waals surface area contributed by atoms with Crippen molar-refractivity contribution in [3.63, 3.8) is 0 Å². The van der Waals surface area contributed by atoms with Gasteiger partial charge >= 0.3 is 5.97 Å². The number of fused-ring (bicyclic) bond motifs is 3. The summed E-state index contributed by atoms with van der Waals surface area (Å²) in [4.78, 5) is 72.5. The van der Waals surface area contributed by atoms with Crippen LogP contribution in [0.2, 0.25) is 0 Å². The van der Waals surface area contributed by atoms with Crippen LogP contribution in [0, 0.1) is 11.8 Å². The van der Waals surface area contributed by atoms with Crippen LogP contribution in [-0.4, -0.2) is 280 Å². The number of guanidine groups is 3. The monoisotopic (exact) mass is 1370 g/mol. The lowest BCUT2D eigenvalue weighted by Crippen LogP contribution is -2.42. The van der Waals surface area contributed by atoms with E-state index in [1.807, 2.05) is 24.3 Å². The molecule has 0 spiro atoms. The van der Waals surface area contributed by atoms with Gasteiger partial charge in [-0.15, -0.1) is 0 Å². The maximum atomic E-state index is 12.9. The van der Waals surface area contributed by atoms with Gasteiger partial charge < -0.3 is 128 Å². The van der Waals surface area contributed by atoms with Crippen molar-refractivity contribution >= 4 is 47.4 Å². The summed E-state index contributed by atoms with van der Waals surface area (Å²) in [6, 6.07) is 15.8. The molecule has 0 bridgehead atoms. The second kappa shape index (κ2) is 63.0. The van der Waals surface area contributed by atoms with Gasteiger partial charge in [-0.3, -0.25) is 34.2 Å². The Labute approximate surface area is 566 Å². The zero-order valence-corrected chi connectivity index (χ0v) is 57.1. The molecule has 3 rings (SSSR count). The van der Waals surface area contributed by atoms with E-state index in [1.54, 1.807) is 21.1 Å². The molecule has 2 aromatic rings. The van der Waals surface area contributed by atoms with Crippen molar-refractivity contribution in [1.29, 1.82) is 0 Å². The number of aliphatic imine (C=N–C) groups is 3. The Morgan fingerprint density at radius 3 is 1.14 bits per heavy atom. The first-order valence-corrected chi connectivity index (χ1v) is 32.6. The van der Waals surface area contributed by atoms with Gasteiger partial charge in [0.1, 0.15) is 12.4 Å². The number of nitrogens with zero attached hydrogens (tertiary/aromatic N) is 3. The minimum Gasteiger partial charge on any atom is -0.465 e. The quantitative estimate of drug-likeness (QED) is 0.0142. The molecule has 32 nitrogen and oxygen atoms in total. The highest BCUT2D eigenvalue weighted by molar-refractivity contribution is 5.86. The van der Waals surface area contributed by atoms with Crippen molar-refractivity contribution in [3.8, 4) is 11.1 Å². The summed E-state index contributed by atoms with van der Waals surface area (Å²) in [5, 5.41) is 51.2. The molecule has 96 heavy (non-hydrogen) atoms. The lowest BCUT2D eigenvalue weighted by Gasteiger charge is -2.18. The molecule has 0 saturated heterocycles. The first-order chi connectivity index (χ1) is 46.6. The highest BCUT2D eigenvalue weighted by Gasteiger charge is 2.30. The molecule has 32 heteroatoms. The molecule has 1 aliphatic carbocycles. The summed E-state index contributed by atoms with van der Waals surface area (Å²) in [5.41, 5.74) is 32.2. The van der Waals surface area contributed by atoms with Crippen LogP contribution in [0.15, 0.2) is 63.5 Å². The van der Waals surface area contributed by atoms with E-state index in [1.165, 1.54) is 6.92 Å². The average molecular weight is 1370 g/mol. The molecule has 0 fully saturated rings. The van der Waals surface area contributed by atoms with Crippen LogP contribution in [0.25, 0.3) is 11.1 Å². The number of carbonyl (C=O) groups excluding carboxylic acids is 5. The molecular formula is C64H116N14O18. The number of ether oxygens (including phenoxy) is 9. The number of nitrogens with one attached hydrogen (secondary N) is 6. The molecule has 0 saturated carbocycles. The highest BCUT2D eigenvalue weighted by atomic mass is 16.5. The number of hydrogen-bond donors (Lipinski definition) is 15. The van der Waals surface area contributed by atoms with Crippen molar-refractivity contribution in [3.05, 3.63) is 59.7 Å². The van der Waals surface area contributed by atoms with Crippen LogP contribution >= 0.6 is 0 Å². The number of rotatable bonds is 52. The normalized spacial score (nSPS) is 12.8. The SMILES string of the molecule is CN=C(N)NCCC[C@H](CC(=O)OCC1c2ccccc2-c2ccccc21)C(=O)NCCOCCOCCO.CN=C(N)NCCC[C@H](CC(C)=O)C(=O)NCCOCCOCCO.CN=C(N)NCCC[C@H](N)C(=O)NCCOCCOCCO.NCCOCCOCCO. The molecule has 0 unspecified atom stereocenters. The first-order valence-electron chi connectivity index (χ1n) is 32.6. The van der Waals surface area contributed by atoms with Gasteiger partial charge in [0, 0.05) is 91.1 Å². The summed E-state index contributed by atoms with van der Waals surface area (Å²) in [6.45, 7) is 11.5. The Kier molecular flexibility index (Phi) is 58.6. The number of nitrogens with two attached hydrogens (primary N) is 5. The molecule has 0 aliphatic heterocycles. The number of ketones is 1. The van der Waals surface area contributed by atoms with Crippen LogP contribution in [-0.2, 0) is 66.6 Å². The van der Waals surface area contributed by atoms with E-state index in [0.29, 0.717) is 188 Å². The lowest BCUT2D eigenvalue weighted by molar-refractivity contribution is -0.147. The number of esters is 1. The van der Waals surface area contributed by atoms with Crippen LogP contribution < -0.4 is 60.6 Å². The van der Waals surface area contributed by atoms with Crippen molar-refractivity contribution < 1.29 is 87.0 Å². The fourth-order valence-electron chi connectivity index (χ4n) is 8.70. The number of amides is 3. The third kappa shape index (κ3) is 48.0. The fourth-order valence-corrected chi connectivity index (χ4v) is 8.70. The Balaban J connectivity index is 0.00000137. The molecule has 1 aliphatic rings. The Hall–Kier alpha value is -6.76. The van der Waals surface area contributed by atoms with Gasteiger partial charge in [-0.25, -0.2) is 0 Å². The van der Waals surface area contributed by atoms with Gasteiger partial charge in [-0.2, -0.15) is 0 Å². The number of hydrogen-bond acceptors (Lipinski definition) is 23. The van der Waals surface area contributed by atoms with Crippen molar-refractivity contribution in [1.82, 2.24) is 31.9 Å². The second-order valence-electron chi connectivity index (χ2n) is 21.0. The minimum atomic E-state index is -0.547. The van der Waals surface area contributed by atoms with Crippen LogP contribution in [0.5, 0.6) is 0 Å². The third-order valence-corrected chi connectivity index (χ3v) is 13.5. The molecule has 0 aromatic heterocycles. The summed E-state index contributed by atoms with van der Waals surface area (Å²) in [5.74, 6) is -0.865. The highest BCUT2D eigenvalue weighted by Crippen LogP contribution is 2.44. The topological polar surface area (TPSA) is 489 Å². The zero-order chi connectivity index (χ0) is 71.1. The van der Waals surface area contributed by atoms with Crippen molar-refractivity contribution in [2.75, 3.05) is 206 Å². The predicted octanol–water partition coefficient (Wildman–Crippen LogP) is -2.42. The van der Waals surface area contributed by atoms with Crippen LogP contribution in [0.3, 0.4) is 0 Å². The number of benzene rings is 2. The van der Waals surface area contributed by atoms with E-state index in [0.717, 1.165) is 28.7 Å². The zero-order valence-electron chi connectivity index (χ0n) is 57.1. The van der Waals surface area contributed by atoms with Gasteiger partial charge in [0.25, 0.3) is 0 Å². The van der Waals surface area contributed by atoms with Crippen LogP contribution in [0.1, 0.15) is 75.3 Å². The standard InChI is InChI=1S/C29H40N4O6.C16H32N4O5.C13H29N5O4.C6H15NO3/c1-31-29(30)33-12-6-7-21(28(36)32-13-15-37-17-18-38-16-14-34)19-27(35)39-20-26-24-10-4-2-8-22(24)23-9-3-5-11-25(23)26;1-13(22)12-14(4-3-5-20-16(17)18-2)15(23)19-6-8-24-10-11-25-9-7-21;1-16-13(15)18-4-2-3-11(14)12(20)17-5-7-21-9-10-22-8-6-19;7-1-3-9-5-6-10-4-2-8/h2-5,8-11,21,26,34H,6-7,12-20H2,1H3,(H,32,36)(H3,30,31,33);14,21H,3-12H2,1-2H3,(H,19,23)(H3,17,18,20);11,19H,2-10,14H2,1H3,(H,17,20)(H3,15,16,18);8H,1-7H2/t21-;14-;11-;/m110./s1. The van der Waals surface area contributed by atoms with Gasteiger partial charge in [0.2, 0.25) is 17.7 Å². The molecule has 3 atom stereocenters. The summed E-state index contributed by atoms with van der Waals surface area (Å²) >= 11 is 0. The van der Waals surface area contributed by atoms with Crippen molar-refractivity contribution in [2.24, 2.45) is 55.5 Å². The maximum absolute atomic E-state index is 12.9. The summed E-state index contributed by atoms with van der Waals surface area (Å²) < 4.78 is 46.8. The molecular weight excluding hydrogens is 1250 g/mol. The second-order valence-corrected chi connectivity index (χ2v) is 21.0. The van der Waals surface area contributed by atoms with Gasteiger partial charge in [0.15, 0.2) is 17.9 Å². The van der Waals surface area contributed by atoms with Gasteiger partial charge in [-0.1, -0.05) is 48.5 Å². The molecule has 0 radical (unpaired) electrons. The molecule has 550 valence electrons. The van der Waals surface area contributed by atoms with E-state index < -0.39 is 17.9 Å². The lowest BCUT2D eigenvalue weighted by atomic mass is 9.96. The average Bonchev–Trinajstić information content (AvgIpc) is 1.63. The van der Waals surface area contributed by atoms with E-state index in [2.05, 4.69) is 71.1 Å². The molecule has 2 aromatic carbocycles. The van der Waals surface area contributed by atoms with Gasteiger partial charge in [0.05, 0.1) is 145 Å². The number of Topliss-reactive ketones (excluding diaryl/α,β-unsaturated/α-hetero) is 1. The minimum absolute atomic E-state index is 0.00129. The summed E-state index contributed by atoms with van der Waals surface area (Å²) in [6.07, 6.45) is 3.90.